The molecule has 5 nitrogen and oxygen atoms in total. The van der Waals surface area contributed by atoms with Crippen molar-refractivity contribution in [3.63, 3.8) is 0 Å². The molecule has 2 aromatic rings. The van der Waals surface area contributed by atoms with Crippen LogP contribution in [0.5, 0.6) is 0 Å². The van der Waals surface area contributed by atoms with Crippen LogP contribution in [0.15, 0.2) is 47.4 Å². The summed E-state index contributed by atoms with van der Waals surface area (Å²) < 4.78 is 27.1. The van der Waals surface area contributed by atoms with Crippen LogP contribution < -0.4 is 10.0 Å². The molecule has 0 atom stereocenters. The van der Waals surface area contributed by atoms with Crippen molar-refractivity contribution in [2.45, 2.75) is 44.9 Å². The first-order valence-corrected chi connectivity index (χ1v) is 9.95. The van der Waals surface area contributed by atoms with Crippen LogP contribution in [0.1, 0.15) is 37.5 Å². The Morgan fingerprint density at radius 1 is 1.00 bits per heavy atom. The van der Waals surface area contributed by atoms with E-state index in [2.05, 4.69) is 30.8 Å². The summed E-state index contributed by atoms with van der Waals surface area (Å²) in [5.74, 6) is -0.409. The number of anilines is 1. The lowest BCUT2D eigenvalue weighted by atomic mass is 9.87. The molecule has 0 aliphatic carbocycles. The van der Waals surface area contributed by atoms with Crippen molar-refractivity contribution in [1.82, 2.24) is 4.72 Å². The van der Waals surface area contributed by atoms with Crippen molar-refractivity contribution in [1.29, 1.82) is 0 Å². The molecule has 2 rings (SSSR count). The van der Waals surface area contributed by atoms with Gasteiger partial charge >= 0.3 is 0 Å². The van der Waals surface area contributed by atoms with Gasteiger partial charge in [-0.25, -0.2) is 13.1 Å². The molecule has 0 spiro atoms. The van der Waals surface area contributed by atoms with Crippen molar-refractivity contribution in [3.8, 4) is 0 Å². The number of hydrogen-bond donors (Lipinski definition) is 2. The van der Waals surface area contributed by atoms with Crippen LogP contribution in [0.3, 0.4) is 0 Å². The molecule has 140 valence electrons. The Balaban J connectivity index is 2.03. The Hall–Kier alpha value is -2.18. The maximum Gasteiger partial charge on any atom is 0.241 e. The smallest absolute Gasteiger partial charge is 0.241 e. The number of carbonyl (C=O) groups excluding carboxylic acids is 1. The largest absolute Gasteiger partial charge is 0.325 e. The highest BCUT2D eigenvalue weighted by molar-refractivity contribution is 7.89. The fraction of sp³-hybridized carbons (Fsp3) is 0.350. The minimum Gasteiger partial charge on any atom is -0.325 e. The molecule has 1 amide bonds. The molecule has 0 heterocycles. The van der Waals surface area contributed by atoms with Crippen molar-refractivity contribution in [3.05, 3.63) is 59.2 Å². The van der Waals surface area contributed by atoms with Gasteiger partial charge < -0.3 is 5.32 Å². The van der Waals surface area contributed by atoms with Gasteiger partial charge in [-0.1, -0.05) is 45.0 Å². The molecule has 2 aromatic carbocycles. The lowest BCUT2D eigenvalue weighted by Crippen LogP contribution is -2.33. The first kappa shape index (κ1) is 20.1. The molecule has 6 heteroatoms. The topological polar surface area (TPSA) is 75.3 Å². The zero-order valence-electron chi connectivity index (χ0n) is 15.9. The first-order chi connectivity index (χ1) is 12.0. The highest BCUT2D eigenvalue weighted by Gasteiger charge is 2.18. The molecule has 26 heavy (non-hydrogen) atoms. The monoisotopic (exact) mass is 374 g/mol. The average molecular weight is 375 g/mol. The molecule has 0 aliphatic heterocycles. The molecule has 0 aromatic heterocycles. The van der Waals surface area contributed by atoms with Crippen LogP contribution in [-0.4, -0.2) is 20.9 Å². The van der Waals surface area contributed by atoms with E-state index >= 15 is 0 Å². The predicted octanol–water partition coefficient (Wildman–Crippen LogP) is 3.52. The lowest BCUT2D eigenvalue weighted by Gasteiger charge is -2.19. The fourth-order valence-electron chi connectivity index (χ4n) is 2.44. The molecule has 2 N–H and O–H groups in total. The van der Waals surface area contributed by atoms with Crippen molar-refractivity contribution < 1.29 is 13.2 Å². The molecule has 0 radical (unpaired) electrons. The van der Waals surface area contributed by atoms with E-state index in [4.69, 9.17) is 0 Å². The van der Waals surface area contributed by atoms with Gasteiger partial charge in [-0.3, -0.25) is 4.79 Å². The summed E-state index contributed by atoms with van der Waals surface area (Å²) in [6, 6.07) is 12.4. The zero-order valence-corrected chi connectivity index (χ0v) is 16.7. The lowest BCUT2D eigenvalue weighted by molar-refractivity contribution is -0.115. The van der Waals surface area contributed by atoms with Crippen molar-refractivity contribution in [2.75, 3.05) is 11.9 Å². The van der Waals surface area contributed by atoms with Gasteiger partial charge in [0.25, 0.3) is 0 Å². The first-order valence-electron chi connectivity index (χ1n) is 8.46. The minimum absolute atomic E-state index is 0.0543. The second-order valence-electron chi connectivity index (χ2n) is 7.47. The molecule has 0 fully saturated rings. The van der Waals surface area contributed by atoms with Crippen LogP contribution >= 0.6 is 0 Å². The van der Waals surface area contributed by atoms with Crippen molar-refractivity contribution >= 4 is 21.6 Å². The van der Waals surface area contributed by atoms with E-state index in [1.165, 1.54) is 0 Å². The number of nitrogens with one attached hydrogen (secondary N) is 2. The summed E-state index contributed by atoms with van der Waals surface area (Å²) in [5, 5.41) is 2.74. The van der Waals surface area contributed by atoms with Crippen LogP contribution in [0.25, 0.3) is 0 Å². The molecule has 0 unspecified atom stereocenters. The summed E-state index contributed by atoms with van der Waals surface area (Å²) in [5.41, 5.74) is 3.62. The van der Waals surface area contributed by atoms with Gasteiger partial charge in [-0.2, -0.15) is 0 Å². The number of hydrogen-bond acceptors (Lipinski definition) is 3. The Labute approximate surface area is 155 Å². The van der Waals surface area contributed by atoms with Gasteiger partial charge in [0, 0.05) is 5.69 Å². The van der Waals surface area contributed by atoms with E-state index in [1.54, 1.807) is 24.3 Å². The number of benzene rings is 2. The van der Waals surface area contributed by atoms with Crippen LogP contribution in [0.2, 0.25) is 0 Å². The molecule has 0 saturated heterocycles. The van der Waals surface area contributed by atoms with Gasteiger partial charge in [-0.05, 0) is 54.2 Å². The van der Waals surface area contributed by atoms with Gasteiger partial charge in [0.1, 0.15) is 0 Å². The fourth-order valence-corrected chi connectivity index (χ4v) is 3.43. The molecular formula is C20H26N2O3S. The van der Waals surface area contributed by atoms with Crippen LogP contribution in [0.4, 0.5) is 5.69 Å². The standard InChI is InChI=1S/C20H26N2O3S/c1-14-6-7-15(2)18(12-14)22-19(23)13-21-26(24,25)17-10-8-16(9-11-17)20(3,4)5/h6-12,21H,13H2,1-5H3,(H,22,23). The van der Waals surface area contributed by atoms with E-state index in [0.717, 1.165) is 16.7 Å². The maximum atomic E-state index is 12.4. The van der Waals surface area contributed by atoms with E-state index in [1.807, 2.05) is 32.0 Å². The highest BCUT2D eigenvalue weighted by Crippen LogP contribution is 2.23. The predicted molar refractivity (Wildman–Crippen MR) is 105 cm³/mol. The van der Waals surface area contributed by atoms with Crippen LogP contribution in [-0.2, 0) is 20.2 Å². The number of rotatable bonds is 5. The number of amides is 1. The number of sulfonamides is 1. The summed E-state index contributed by atoms with van der Waals surface area (Å²) in [4.78, 5) is 12.2. The second kappa shape index (κ2) is 7.60. The third kappa shape index (κ3) is 5.16. The molecular weight excluding hydrogens is 348 g/mol. The third-order valence-electron chi connectivity index (χ3n) is 4.12. The SMILES string of the molecule is Cc1ccc(C)c(NC(=O)CNS(=O)(=O)c2ccc(C(C)(C)C)cc2)c1. The number of carbonyl (C=O) groups is 1. The second-order valence-corrected chi connectivity index (χ2v) is 9.23. The summed E-state index contributed by atoms with van der Waals surface area (Å²) in [6.45, 7) is 9.68. The van der Waals surface area contributed by atoms with E-state index in [-0.39, 0.29) is 16.9 Å². The third-order valence-corrected chi connectivity index (χ3v) is 5.54. The van der Waals surface area contributed by atoms with Gasteiger partial charge in [0.15, 0.2) is 0 Å². The van der Waals surface area contributed by atoms with Gasteiger partial charge in [-0.15, -0.1) is 0 Å². The van der Waals surface area contributed by atoms with Gasteiger partial charge in [0.05, 0.1) is 11.4 Å². The molecule has 0 aliphatic rings. The maximum absolute atomic E-state index is 12.4. The quantitative estimate of drug-likeness (QED) is 0.841. The van der Waals surface area contributed by atoms with E-state index in [9.17, 15) is 13.2 Å². The zero-order chi connectivity index (χ0) is 19.5. The number of aryl methyl sites for hydroxylation is 2. The highest BCUT2D eigenvalue weighted by atomic mass is 32.2. The van der Waals surface area contributed by atoms with E-state index in [0.29, 0.717) is 5.69 Å². The Bertz CT molecular complexity index is 896. The molecule has 0 bridgehead atoms. The Morgan fingerprint density at radius 2 is 1.62 bits per heavy atom. The minimum atomic E-state index is -3.74. The normalized spacial score (nSPS) is 12.0. The van der Waals surface area contributed by atoms with Crippen molar-refractivity contribution in [2.24, 2.45) is 0 Å². The average Bonchev–Trinajstić information content (AvgIpc) is 2.56. The Morgan fingerprint density at radius 3 is 2.19 bits per heavy atom. The summed E-state index contributed by atoms with van der Waals surface area (Å²) in [6.07, 6.45) is 0. The van der Waals surface area contributed by atoms with Crippen LogP contribution in [0, 0.1) is 13.8 Å². The molecule has 0 saturated carbocycles. The van der Waals surface area contributed by atoms with E-state index < -0.39 is 15.9 Å². The summed E-state index contributed by atoms with van der Waals surface area (Å²) >= 11 is 0. The Kier molecular flexibility index (Phi) is 5.88. The van der Waals surface area contributed by atoms with Gasteiger partial charge in [0.2, 0.25) is 15.9 Å². The summed E-state index contributed by atoms with van der Waals surface area (Å²) in [7, 11) is -3.74.